The number of carbonyl (C=O) groups excluding carboxylic acids is 1. The van der Waals surface area contributed by atoms with Crippen molar-refractivity contribution in [3.05, 3.63) is 54.0 Å². The Morgan fingerprint density at radius 2 is 1.92 bits per heavy atom. The summed E-state index contributed by atoms with van der Waals surface area (Å²) in [5, 5.41) is 17.9. The second-order valence-electron chi connectivity index (χ2n) is 9.64. The molecule has 0 radical (unpaired) electrons. The maximum Gasteiger partial charge on any atom is 0.410 e. The number of hydrogen-bond acceptors (Lipinski definition) is 7. The van der Waals surface area contributed by atoms with Gasteiger partial charge in [-0.2, -0.15) is 0 Å². The number of hydrogen-bond donors (Lipinski definition) is 2. The fourth-order valence-electron chi connectivity index (χ4n) is 4.10. The Bertz CT molecular complexity index is 1300. The van der Waals surface area contributed by atoms with Crippen molar-refractivity contribution in [2.24, 2.45) is 0 Å². The van der Waals surface area contributed by atoms with E-state index in [0.717, 1.165) is 11.0 Å². The summed E-state index contributed by atoms with van der Waals surface area (Å²) in [6.07, 6.45) is 0.627. The zero-order chi connectivity index (χ0) is 26.3. The van der Waals surface area contributed by atoms with Crippen LogP contribution in [0.4, 0.5) is 23.8 Å². The number of ether oxygens (including phenoxy) is 1. The van der Waals surface area contributed by atoms with Crippen LogP contribution in [-0.2, 0) is 4.74 Å². The van der Waals surface area contributed by atoms with Crippen molar-refractivity contribution >= 4 is 11.9 Å². The van der Waals surface area contributed by atoms with Crippen LogP contribution in [0.3, 0.4) is 0 Å². The van der Waals surface area contributed by atoms with Crippen molar-refractivity contribution in [1.82, 2.24) is 20.1 Å². The number of carbonyl (C=O) groups is 1. The zero-order valence-electron chi connectivity index (χ0n) is 20.0. The summed E-state index contributed by atoms with van der Waals surface area (Å²) < 4.78 is 49.5. The highest BCUT2D eigenvalue weighted by atomic mass is 19.3. The Kier molecular flexibility index (Phi) is 6.50. The maximum atomic E-state index is 15.2. The van der Waals surface area contributed by atoms with Gasteiger partial charge in [0.25, 0.3) is 5.92 Å². The molecular weight excluding hydrogens is 475 g/mol. The minimum absolute atomic E-state index is 0.00852. The number of likely N-dealkylation sites (tertiary alicyclic amines) is 1. The highest BCUT2D eigenvalue weighted by Crippen LogP contribution is 2.42. The summed E-state index contributed by atoms with van der Waals surface area (Å²) in [5.74, 6) is -5.81. The first-order valence-corrected chi connectivity index (χ1v) is 11.3. The fourth-order valence-corrected chi connectivity index (χ4v) is 4.10. The highest BCUT2D eigenvalue weighted by Gasteiger charge is 2.47. The molecular formula is C25H26F3N5O3. The molecule has 1 fully saturated rings. The van der Waals surface area contributed by atoms with Gasteiger partial charge >= 0.3 is 6.09 Å². The van der Waals surface area contributed by atoms with E-state index in [9.17, 15) is 14.3 Å². The van der Waals surface area contributed by atoms with Crippen LogP contribution in [0.25, 0.3) is 22.5 Å². The molecule has 3 heterocycles. The van der Waals surface area contributed by atoms with E-state index in [1.54, 1.807) is 20.8 Å². The highest BCUT2D eigenvalue weighted by molar-refractivity contribution is 5.77. The minimum atomic E-state index is -3.21. The lowest BCUT2D eigenvalue weighted by Gasteiger charge is -2.39. The topological polar surface area (TPSA) is 114 Å². The molecule has 11 heteroatoms. The van der Waals surface area contributed by atoms with Crippen molar-refractivity contribution in [3.63, 3.8) is 0 Å². The molecule has 2 aromatic heterocycles. The lowest BCUT2D eigenvalue weighted by Crippen LogP contribution is -2.50. The number of nitrogens with two attached hydrogens (primary N) is 1. The van der Waals surface area contributed by atoms with Gasteiger partial charge in [-0.25, -0.2) is 18.0 Å². The lowest BCUT2D eigenvalue weighted by atomic mass is 9.86. The number of nitrogen functional groups attached to an aromatic ring is 1. The van der Waals surface area contributed by atoms with Crippen LogP contribution < -0.4 is 5.73 Å². The van der Waals surface area contributed by atoms with Crippen LogP contribution in [0, 0.1) is 5.82 Å². The number of phenols is 1. The van der Waals surface area contributed by atoms with E-state index in [4.69, 9.17) is 10.5 Å². The Morgan fingerprint density at radius 3 is 2.61 bits per heavy atom. The van der Waals surface area contributed by atoms with Crippen LogP contribution >= 0.6 is 0 Å². The van der Waals surface area contributed by atoms with Gasteiger partial charge in [0.1, 0.15) is 5.60 Å². The van der Waals surface area contributed by atoms with E-state index >= 15 is 8.78 Å². The van der Waals surface area contributed by atoms with Crippen LogP contribution in [-0.4, -0.2) is 55.9 Å². The molecule has 0 saturated carbocycles. The molecule has 0 spiro atoms. The summed E-state index contributed by atoms with van der Waals surface area (Å²) >= 11 is 0. The number of amides is 1. The van der Waals surface area contributed by atoms with E-state index in [1.807, 2.05) is 0 Å². The number of benzene rings is 1. The predicted molar refractivity (Wildman–Crippen MR) is 127 cm³/mol. The van der Waals surface area contributed by atoms with Gasteiger partial charge in [0.2, 0.25) is 0 Å². The summed E-state index contributed by atoms with van der Waals surface area (Å²) in [6, 6.07) is 8.42. The number of nitrogens with zero attached hydrogens (tertiary/aromatic N) is 4. The van der Waals surface area contributed by atoms with Gasteiger partial charge in [-0.05, 0) is 63.1 Å². The first-order valence-electron chi connectivity index (χ1n) is 11.3. The molecule has 0 unspecified atom stereocenters. The largest absolute Gasteiger partial charge is 0.504 e. The average molecular weight is 502 g/mol. The molecule has 0 aliphatic carbocycles. The van der Waals surface area contributed by atoms with Crippen LogP contribution in [0.1, 0.15) is 38.7 Å². The van der Waals surface area contributed by atoms with Crippen LogP contribution in [0.2, 0.25) is 0 Å². The van der Waals surface area contributed by atoms with Gasteiger partial charge in [-0.1, -0.05) is 6.07 Å². The van der Waals surface area contributed by atoms with E-state index < -0.39 is 41.6 Å². The molecule has 8 nitrogen and oxygen atoms in total. The Labute approximate surface area is 205 Å². The molecule has 1 aliphatic heterocycles. The molecule has 1 aromatic carbocycles. The number of para-hydroxylation sites is 1. The minimum Gasteiger partial charge on any atom is -0.504 e. The van der Waals surface area contributed by atoms with E-state index in [0.29, 0.717) is 11.1 Å². The zero-order valence-corrected chi connectivity index (χ0v) is 20.0. The van der Waals surface area contributed by atoms with Gasteiger partial charge in [0, 0.05) is 23.9 Å². The first kappa shape index (κ1) is 25.2. The van der Waals surface area contributed by atoms with E-state index in [-0.39, 0.29) is 35.7 Å². The number of piperidine rings is 1. The Balaban J connectivity index is 1.62. The molecule has 36 heavy (non-hydrogen) atoms. The number of halogens is 3. The van der Waals surface area contributed by atoms with Gasteiger partial charge in [-0.3, -0.25) is 4.98 Å². The molecule has 1 amide bonds. The number of phenolic OH excluding ortho intramolecular Hbond substituents is 1. The lowest BCUT2D eigenvalue weighted by molar-refractivity contribution is -0.0848. The number of aromatic nitrogens is 3. The number of aromatic hydroxyl groups is 1. The summed E-state index contributed by atoms with van der Waals surface area (Å²) in [4.78, 5) is 17.6. The molecule has 0 bridgehead atoms. The summed E-state index contributed by atoms with van der Waals surface area (Å²) in [7, 11) is 0. The molecule has 1 atom stereocenters. The van der Waals surface area contributed by atoms with Gasteiger partial charge in [0.05, 0.1) is 23.9 Å². The number of rotatable bonds is 3. The first-order chi connectivity index (χ1) is 16.9. The smallest absolute Gasteiger partial charge is 0.410 e. The average Bonchev–Trinajstić information content (AvgIpc) is 2.79. The fraction of sp³-hybridized carbons (Fsp3) is 0.360. The second-order valence-corrected chi connectivity index (χ2v) is 9.64. The molecule has 190 valence electrons. The number of alkyl halides is 2. The number of pyridine rings is 1. The Morgan fingerprint density at radius 1 is 1.17 bits per heavy atom. The quantitative estimate of drug-likeness (QED) is 0.520. The van der Waals surface area contributed by atoms with Crippen molar-refractivity contribution in [2.45, 2.75) is 44.6 Å². The molecule has 3 aromatic rings. The third-order valence-corrected chi connectivity index (χ3v) is 5.80. The van der Waals surface area contributed by atoms with Crippen molar-refractivity contribution in [3.8, 4) is 28.3 Å². The standard InChI is InChI=1S/C25H26F3N5O3/c1-24(2,3)36-23(35)33-10-8-17(25(27,28)13-33)14-7-9-30-19(11-14)16-12-20(31-32-22(16)29)15-5-4-6-18(26)21(15)34/h4-7,9,11-12,17,34H,8,10,13H2,1-3H3,(H2,29,32)/t17-/m1/s1. The van der Waals surface area contributed by atoms with Crippen molar-refractivity contribution in [2.75, 3.05) is 18.8 Å². The molecule has 1 saturated heterocycles. The predicted octanol–water partition coefficient (Wildman–Crippen LogP) is 4.99. The van der Waals surface area contributed by atoms with E-state index in [2.05, 4.69) is 15.2 Å². The van der Waals surface area contributed by atoms with Crippen molar-refractivity contribution < 1.29 is 27.8 Å². The number of anilines is 1. The monoisotopic (exact) mass is 501 g/mol. The third-order valence-electron chi connectivity index (χ3n) is 5.80. The SMILES string of the molecule is CC(C)(C)OC(=O)N1CC[C@H](c2ccnc(-c3cc(-c4cccc(F)c4O)nnc3N)c2)C(F)(F)C1. The third kappa shape index (κ3) is 5.19. The van der Waals surface area contributed by atoms with Gasteiger partial charge in [-0.15, -0.1) is 10.2 Å². The Hall–Kier alpha value is -3.89. The van der Waals surface area contributed by atoms with E-state index in [1.165, 1.54) is 36.5 Å². The summed E-state index contributed by atoms with van der Waals surface area (Å²) in [5.41, 5.74) is 6.32. The van der Waals surface area contributed by atoms with Crippen LogP contribution in [0.15, 0.2) is 42.6 Å². The normalized spacial score (nSPS) is 17.6. The van der Waals surface area contributed by atoms with Gasteiger partial charge in [0.15, 0.2) is 17.4 Å². The van der Waals surface area contributed by atoms with Crippen molar-refractivity contribution in [1.29, 1.82) is 0 Å². The molecule has 3 N–H and O–H groups in total. The second kappa shape index (κ2) is 9.29. The van der Waals surface area contributed by atoms with Gasteiger partial charge < -0.3 is 20.5 Å². The maximum absolute atomic E-state index is 15.2. The molecule has 4 rings (SSSR count). The van der Waals surface area contributed by atoms with Crippen LogP contribution in [0.5, 0.6) is 5.75 Å². The molecule has 1 aliphatic rings. The summed E-state index contributed by atoms with van der Waals surface area (Å²) in [6.45, 7) is 4.36.